The molecular formula is C17H21N5O. The average Bonchev–Trinajstić information content (AvgIpc) is 3.19. The molecule has 1 aliphatic heterocycles. The summed E-state index contributed by atoms with van der Waals surface area (Å²) in [5, 5.41) is 9.09. The Labute approximate surface area is 135 Å². The van der Waals surface area contributed by atoms with Gasteiger partial charge in [0.25, 0.3) is 0 Å². The van der Waals surface area contributed by atoms with E-state index in [0.29, 0.717) is 0 Å². The summed E-state index contributed by atoms with van der Waals surface area (Å²) < 4.78 is 8.10. The van der Waals surface area contributed by atoms with Crippen LogP contribution in [0.1, 0.15) is 18.5 Å². The van der Waals surface area contributed by atoms with E-state index in [1.807, 2.05) is 30.2 Å². The number of benzene rings is 1. The Morgan fingerprint density at radius 2 is 2.13 bits per heavy atom. The Morgan fingerprint density at radius 1 is 1.26 bits per heavy atom. The number of H-pyrrole nitrogens is 1. The first-order chi connectivity index (χ1) is 11.3. The van der Waals surface area contributed by atoms with Crippen LogP contribution >= 0.6 is 0 Å². The summed E-state index contributed by atoms with van der Waals surface area (Å²) in [5.41, 5.74) is 2.28. The van der Waals surface area contributed by atoms with Crippen LogP contribution in [-0.2, 0) is 13.6 Å². The molecule has 23 heavy (non-hydrogen) atoms. The lowest BCUT2D eigenvalue weighted by Gasteiger charge is -2.32. The fraction of sp³-hybridized carbons (Fsp3) is 0.412. The fourth-order valence-electron chi connectivity index (χ4n) is 3.21. The van der Waals surface area contributed by atoms with Crippen molar-refractivity contribution < 1.29 is 4.74 Å². The lowest BCUT2D eigenvalue weighted by molar-refractivity contribution is 0.0966. The van der Waals surface area contributed by atoms with Crippen molar-refractivity contribution in [3.63, 3.8) is 0 Å². The number of aromatic nitrogens is 4. The molecule has 0 bridgehead atoms. The van der Waals surface area contributed by atoms with Gasteiger partial charge in [-0.3, -0.25) is 9.58 Å². The van der Waals surface area contributed by atoms with Crippen molar-refractivity contribution in [2.24, 2.45) is 7.05 Å². The molecular weight excluding hydrogens is 290 g/mol. The summed E-state index contributed by atoms with van der Waals surface area (Å²) in [6, 6.07) is 8.25. The Kier molecular flexibility index (Phi) is 3.75. The molecule has 1 saturated heterocycles. The zero-order valence-corrected chi connectivity index (χ0v) is 13.3. The molecule has 120 valence electrons. The monoisotopic (exact) mass is 311 g/mol. The molecule has 0 saturated carbocycles. The van der Waals surface area contributed by atoms with Gasteiger partial charge in [0.15, 0.2) is 0 Å². The lowest BCUT2D eigenvalue weighted by atomic mass is 10.1. The van der Waals surface area contributed by atoms with Crippen LogP contribution in [0.2, 0.25) is 0 Å². The van der Waals surface area contributed by atoms with Crippen LogP contribution in [0.25, 0.3) is 10.9 Å². The first-order valence-electron chi connectivity index (χ1n) is 8.08. The van der Waals surface area contributed by atoms with Crippen LogP contribution in [0.4, 0.5) is 0 Å². The highest BCUT2D eigenvalue weighted by Gasteiger charge is 2.22. The fourth-order valence-corrected chi connectivity index (χ4v) is 3.21. The van der Waals surface area contributed by atoms with Crippen LogP contribution in [-0.4, -0.2) is 44.1 Å². The van der Waals surface area contributed by atoms with Crippen molar-refractivity contribution in [3.8, 4) is 5.75 Å². The molecule has 6 nitrogen and oxygen atoms in total. The van der Waals surface area contributed by atoms with Gasteiger partial charge in [0, 0.05) is 43.8 Å². The standard InChI is InChI=1S/C17H21N5O/c1-21-13(11-19-20-21)12-22-9-6-14(7-10-22)23-17-4-2-3-16-15(17)5-8-18-16/h2-5,8,11,14,18H,6-7,9-10,12H2,1H3. The first-order valence-corrected chi connectivity index (χ1v) is 8.08. The highest BCUT2D eigenvalue weighted by Crippen LogP contribution is 2.27. The molecule has 1 aromatic carbocycles. The highest BCUT2D eigenvalue weighted by atomic mass is 16.5. The third-order valence-electron chi connectivity index (χ3n) is 4.58. The van der Waals surface area contributed by atoms with Gasteiger partial charge < -0.3 is 9.72 Å². The molecule has 0 atom stereocenters. The number of likely N-dealkylation sites (tertiary alicyclic amines) is 1. The Bertz CT molecular complexity index is 785. The Balaban J connectivity index is 1.36. The Morgan fingerprint density at radius 3 is 2.91 bits per heavy atom. The largest absolute Gasteiger partial charge is 0.490 e. The molecule has 0 radical (unpaired) electrons. The van der Waals surface area contributed by atoms with Gasteiger partial charge in [0.1, 0.15) is 11.9 Å². The number of ether oxygens (including phenoxy) is 1. The molecule has 3 aromatic rings. The van der Waals surface area contributed by atoms with Crippen molar-refractivity contribution in [2.75, 3.05) is 13.1 Å². The van der Waals surface area contributed by atoms with E-state index in [9.17, 15) is 0 Å². The number of rotatable bonds is 4. The molecule has 0 unspecified atom stereocenters. The third-order valence-corrected chi connectivity index (χ3v) is 4.58. The number of hydrogen-bond donors (Lipinski definition) is 1. The molecule has 1 N–H and O–H groups in total. The van der Waals surface area contributed by atoms with E-state index in [-0.39, 0.29) is 6.10 Å². The zero-order chi connectivity index (χ0) is 15.6. The molecule has 3 heterocycles. The van der Waals surface area contributed by atoms with Gasteiger partial charge in [-0.2, -0.15) is 0 Å². The summed E-state index contributed by atoms with van der Waals surface area (Å²) in [6.07, 6.45) is 6.19. The predicted octanol–water partition coefficient (Wildman–Crippen LogP) is 2.34. The summed E-state index contributed by atoms with van der Waals surface area (Å²) >= 11 is 0. The predicted molar refractivity (Wildman–Crippen MR) is 88.2 cm³/mol. The van der Waals surface area contributed by atoms with Crippen LogP contribution in [0, 0.1) is 0 Å². The molecule has 1 fully saturated rings. The second-order valence-electron chi connectivity index (χ2n) is 6.14. The summed E-state index contributed by atoms with van der Waals surface area (Å²) in [4.78, 5) is 5.67. The van der Waals surface area contributed by atoms with E-state index in [4.69, 9.17) is 4.74 Å². The van der Waals surface area contributed by atoms with E-state index in [1.165, 1.54) is 0 Å². The second kappa shape index (κ2) is 6.04. The minimum atomic E-state index is 0.288. The maximum atomic E-state index is 6.26. The van der Waals surface area contributed by atoms with Crippen LogP contribution in [0.15, 0.2) is 36.7 Å². The smallest absolute Gasteiger partial charge is 0.129 e. The second-order valence-corrected chi connectivity index (χ2v) is 6.14. The van der Waals surface area contributed by atoms with Gasteiger partial charge in [-0.25, -0.2) is 0 Å². The number of aromatic amines is 1. The number of aryl methyl sites for hydroxylation is 1. The van der Waals surface area contributed by atoms with Crippen molar-refractivity contribution >= 4 is 10.9 Å². The molecule has 1 aliphatic rings. The minimum Gasteiger partial charge on any atom is -0.490 e. The number of piperidine rings is 1. The van der Waals surface area contributed by atoms with Gasteiger partial charge in [-0.05, 0) is 31.0 Å². The molecule has 2 aromatic heterocycles. The van der Waals surface area contributed by atoms with Crippen molar-refractivity contribution in [2.45, 2.75) is 25.5 Å². The summed E-state index contributed by atoms with van der Waals surface area (Å²) in [6.45, 7) is 2.99. The maximum Gasteiger partial charge on any atom is 0.129 e. The van der Waals surface area contributed by atoms with Gasteiger partial charge in [-0.15, -0.1) is 5.10 Å². The first kappa shape index (κ1) is 14.3. The number of fused-ring (bicyclic) bond motifs is 1. The molecule has 0 aliphatic carbocycles. The van der Waals surface area contributed by atoms with E-state index in [1.54, 1.807) is 0 Å². The molecule has 0 amide bonds. The van der Waals surface area contributed by atoms with E-state index >= 15 is 0 Å². The lowest BCUT2D eigenvalue weighted by Crippen LogP contribution is -2.38. The zero-order valence-electron chi connectivity index (χ0n) is 13.3. The van der Waals surface area contributed by atoms with E-state index < -0.39 is 0 Å². The Hall–Kier alpha value is -2.34. The van der Waals surface area contributed by atoms with Gasteiger partial charge in [0.05, 0.1) is 11.9 Å². The number of hydrogen-bond acceptors (Lipinski definition) is 4. The van der Waals surface area contributed by atoms with Crippen LogP contribution < -0.4 is 4.74 Å². The topological polar surface area (TPSA) is 59.0 Å². The molecule has 4 rings (SSSR count). The number of nitrogens with zero attached hydrogens (tertiary/aromatic N) is 4. The van der Waals surface area contributed by atoms with E-state index in [0.717, 1.165) is 54.8 Å². The number of nitrogens with one attached hydrogen (secondary N) is 1. The normalized spacial score (nSPS) is 16.9. The van der Waals surface area contributed by atoms with Gasteiger partial charge in [0.2, 0.25) is 0 Å². The van der Waals surface area contributed by atoms with Gasteiger partial charge in [-0.1, -0.05) is 11.3 Å². The van der Waals surface area contributed by atoms with Crippen molar-refractivity contribution in [1.29, 1.82) is 0 Å². The van der Waals surface area contributed by atoms with Crippen LogP contribution in [0.5, 0.6) is 5.75 Å². The summed E-state index contributed by atoms with van der Waals surface area (Å²) in [7, 11) is 1.94. The summed E-state index contributed by atoms with van der Waals surface area (Å²) in [5.74, 6) is 0.984. The van der Waals surface area contributed by atoms with Crippen molar-refractivity contribution in [3.05, 3.63) is 42.4 Å². The maximum absolute atomic E-state index is 6.26. The average molecular weight is 311 g/mol. The highest BCUT2D eigenvalue weighted by molar-refractivity contribution is 5.85. The SMILES string of the molecule is Cn1nncc1CN1CCC(Oc2cccc3[nH]ccc23)CC1. The minimum absolute atomic E-state index is 0.288. The quantitative estimate of drug-likeness (QED) is 0.803. The van der Waals surface area contributed by atoms with Gasteiger partial charge >= 0.3 is 0 Å². The molecule has 0 spiro atoms. The van der Waals surface area contributed by atoms with E-state index in [2.05, 4.69) is 38.4 Å². The van der Waals surface area contributed by atoms with Crippen LogP contribution in [0.3, 0.4) is 0 Å². The third kappa shape index (κ3) is 2.94. The van der Waals surface area contributed by atoms with Crippen molar-refractivity contribution in [1.82, 2.24) is 24.9 Å². The molecule has 6 heteroatoms.